The van der Waals surface area contributed by atoms with Crippen molar-refractivity contribution in [3.63, 3.8) is 0 Å². The van der Waals surface area contributed by atoms with Crippen molar-refractivity contribution in [2.75, 3.05) is 31.1 Å². The normalized spacial score (nSPS) is 19.5. The van der Waals surface area contributed by atoms with E-state index in [-0.39, 0.29) is 43.0 Å². The van der Waals surface area contributed by atoms with Crippen LogP contribution in [-0.4, -0.2) is 37.0 Å². The number of likely N-dealkylation sites (tertiary alicyclic amines) is 1. The van der Waals surface area contributed by atoms with Gasteiger partial charge in [-0.1, -0.05) is 6.07 Å². The summed E-state index contributed by atoms with van der Waals surface area (Å²) in [6.07, 6.45) is 0. The second-order valence-corrected chi connectivity index (χ2v) is 5.52. The molecule has 2 aliphatic rings. The third-order valence-corrected chi connectivity index (χ3v) is 3.90. The molecule has 3 nitrogen and oxygen atoms in total. The standard InChI is InChI=1S/C14H16FN2O.Hf/c1-10-3-4-13(12(15)5-10)17-8-14(9-17)6-16(7-14)11(2)18;/h3-5H,1,6-9H2,2H3;/q-1;. The molecule has 2 saturated heterocycles. The molecule has 3 rings (SSSR count). The molecule has 0 unspecified atom stereocenters. The number of anilines is 1. The molecule has 100 valence electrons. The van der Waals surface area contributed by atoms with Crippen molar-refractivity contribution in [2.45, 2.75) is 6.92 Å². The quantitative estimate of drug-likeness (QED) is 0.505. The first kappa shape index (κ1) is 14.6. The molecule has 5 heteroatoms. The number of rotatable bonds is 1. The summed E-state index contributed by atoms with van der Waals surface area (Å²) in [5, 5.41) is 0. The van der Waals surface area contributed by atoms with Gasteiger partial charge in [0.1, 0.15) is 0 Å². The minimum absolute atomic E-state index is 0. The van der Waals surface area contributed by atoms with Gasteiger partial charge in [-0.2, -0.15) is 18.6 Å². The third kappa shape index (κ3) is 2.45. The zero-order valence-corrected chi connectivity index (χ0v) is 14.5. The van der Waals surface area contributed by atoms with Crippen LogP contribution in [0.25, 0.3) is 0 Å². The van der Waals surface area contributed by atoms with Gasteiger partial charge in [-0.15, -0.1) is 6.07 Å². The van der Waals surface area contributed by atoms with Crippen molar-refractivity contribution in [3.8, 4) is 0 Å². The second-order valence-electron chi connectivity index (χ2n) is 5.52. The molecule has 1 spiro atoms. The Hall–Kier alpha value is -0.840. The fraction of sp³-hybridized carbons (Fsp3) is 0.429. The van der Waals surface area contributed by atoms with Crippen molar-refractivity contribution >= 4 is 11.6 Å². The second kappa shape index (κ2) is 4.93. The molecule has 0 bridgehead atoms. The van der Waals surface area contributed by atoms with E-state index in [1.807, 2.05) is 15.9 Å². The molecule has 2 heterocycles. The Kier molecular flexibility index (Phi) is 3.78. The van der Waals surface area contributed by atoms with Gasteiger partial charge in [-0.05, 0) is 0 Å². The van der Waals surface area contributed by atoms with Gasteiger partial charge >= 0.3 is 0 Å². The van der Waals surface area contributed by atoms with Crippen molar-refractivity contribution < 1.29 is 35.0 Å². The summed E-state index contributed by atoms with van der Waals surface area (Å²) in [4.78, 5) is 15.0. The van der Waals surface area contributed by atoms with Crippen LogP contribution in [-0.2, 0) is 30.6 Å². The fourth-order valence-corrected chi connectivity index (χ4v) is 2.93. The molecule has 0 saturated carbocycles. The van der Waals surface area contributed by atoms with Crippen molar-refractivity contribution in [1.29, 1.82) is 0 Å². The van der Waals surface area contributed by atoms with Gasteiger partial charge < -0.3 is 9.80 Å². The summed E-state index contributed by atoms with van der Waals surface area (Å²) < 4.78 is 13.8. The summed E-state index contributed by atoms with van der Waals surface area (Å²) in [6, 6.07) is 5.07. The Morgan fingerprint density at radius 2 is 1.95 bits per heavy atom. The average molecular weight is 426 g/mol. The maximum Gasteiger partial charge on any atom is 0.219 e. The molecule has 0 atom stereocenters. The number of hydrogen-bond donors (Lipinski definition) is 0. The largest absolute Gasteiger partial charge is 0.369 e. The molecule has 0 aromatic heterocycles. The van der Waals surface area contributed by atoms with E-state index >= 15 is 0 Å². The first-order chi connectivity index (χ1) is 8.49. The van der Waals surface area contributed by atoms with Gasteiger partial charge in [0.25, 0.3) is 0 Å². The van der Waals surface area contributed by atoms with Gasteiger partial charge in [0.15, 0.2) is 0 Å². The zero-order valence-electron chi connectivity index (χ0n) is 10.9. The van der Waals surface area contributed by atoms with Crippen molar-refractivity contribution in [2.24, 2.45) is 5.41 Å². The number of halogens is 1. The predicted molar refractivity (Wildman–Crippen MR) is 67.8 cm³/mol. The SMILES string of the molecule is [CH2-]c1ccc(N2CC3(CN(C(C)=O)C3)C2)c(F)c1.[Hf]. The van der Waals surface area contributed by atoms with E-state index in [4.69, 9.17) is 0 Å². The molecule has 1 amide bonds. The van der Waals surface area contributed by atoms with Crippen LogP contribution in [0.1, 0.15) is 12.5 Å². The summed E-state index contributed by atoms with van der Waals surface area (Å²) >= 11 is 0. The molecule has 2 fully saturated rings. The fourth-order valence-electron chi connectivity index (χ4n) is 2.93. The van der Waals surface area contributed by atoms with E-state index in [0.717, 1.165) is 26.2 Å². The number of amides is 1. The van der Waals surface area contributed by atoms with E-state index < -0.39 is 0 Å². The van der Waals surface area contributed by atoms with Gasteiger partial charge in [-0.25, -0.2) is 4.39 Å². The molecular weight excluding hydrogens is 410 g/mol. The minimum atomic E-state index is -0.208. The summed E-state index contributed by atoms with van der Waals surface area (Å²) in [6.45, 7) is 8.60. The third-order valence-electron chi connectivity index (χ3n) is 3.90. The first-order valence-electron chi connectivity index (χ1n) is 6.11. The molecule has 1 aromatic carbocycles. The van der Waals surface area contributed by atoms with E-state index in [2.05, 4.69) is 6.92 Å². The van der Waals surface area contributed by atoms with Crippen LogP contribution in [0, 0.1) is 18.2 Å². The Labute approximate surface area is 131 Å². The Balaban J connectivity index is 0.00000133. The van der Waals surface area contributed by atoms with Gasteiger partial charge in [-0.3, -0.25) is 4.79 Å². The average Bonchev–Trinajstić information content (AvgIpc) is 2.15. The maximum atomic E-state index is 13.8. The molecule has 0 aliphatic carbocycles. The molecule has 0 radical (unpaired) electrons. The summed E-state index contributed by atoms with van der Waals surface area (Å²) in [7, 11) is 0. The molecule has 2 aliphatic heterocycles. The number of benzene rings is 1. The van der Waals surface area contributed by atoms with Crippen molar-refractivity contribution in [1.82, 2.24) is 4.90 Å². The Morgan fingerprint density at radius 1 is 1.32 bits per heavy atom. The van der Waals surface area contributed by atoms with Crippen LogP contribution in [0.4, 0.5) is 10.1 Å². The predicted octanol–water partition coefficient (Wildman–Crippen LogP) is 1.67. The molecule has 1 aromatic rings. The Bertz CT molecular complexity index is 506. The summed E-state index contributed by atoms with van der Waals surface area (Å²) in [5.74, 6) is -0.0771. The van der Waals surface area contributed by atoms with Crippen LogP contribution >= 0.6 is 0 Å². The van der Waals surface area contributed by atoms with Gasteiger partial charge in [0, 0.05) is 70.0 Å². The van der Waals surface area contributed by atoms with E-state index in [1.165, 1.54) is 6.07 Å². The number of nitrogens with zero attached hydrogens (tertiary/aromatic N) is 2. The van der Waals surface area contributed by atoms with Gasteiger partial charge in [0.2, 0.25) is 5.91 Å². The topological polar surface area (TPSA) is 23.6 Å². The zero-order chi connectivity index (χ0) is 12.9. The molecule has 0 N–H and O–H groups in total. The van der Waals surface area contributed by atoms with Crippen molar-refractivity contribution in [3.05, 3.63) is 36.5 Å². The van der Waals surface area contributed by atoms with Crippen LogP contribution in [0.5, 0.6) is 0 Å². The van der Waals surface area contributed by atoms with Crippen LogP contribution in [0.2, 0.25) is 0 Å². The Morgan fingerprint density at radius 3 is 2.47 bits per heavy atom. The number of carbonyl (C=O) groups is 1. The van der Waals surface area contributed by atoms with E-state index in [9.17, 15) is 9.18 Å². The van der Waals surface area contributed by atoms with E-state index in [1.54, 1.807) is 13.0 Å². The molecular formula is C14H16FHfN2O-. The van der Waals surface area contributed by atoms with Crippen LogP contribution in [0.15, 0.2) is 18.2 Å². The van der Waals surface area contributed by atoms with Gasteiger partial charge in [0.05, 0.1) is 5.82 Å². The first-order valence-corrected chi connectivity index (χ1v) is 6.11. The maximum absolute atomic E-state index is 13.8. The minimum Gasteiger partial charge on any atom is -0.369 e. The number of hydrogen-bond acceptors (Lipinski definition) is 2. The van der Waals surface area contributed by atoms with Crippen LogP contribution < -0.4 is 4.90 Å². The number of carbonyl (C=O) groups excluding carboxylic acids is 1. The molecule has 19 heavy (non-hydrogen) atoms. The summed E-state index contributed by atoms with van der Waals surface area (Å²) in [5.41, 5.74) is 1.55. The van der Waals surface area contributed by atoms with E-state index in [0.29, 0.717) is 11.3 Å². The van der Waals surface area contributed by atoms with Crippen LogP contribution in [0.3, 0.4) is 0 Å². The monoisotopic (exact) mass is 427 g/mol. The smallest absolute Gasteiger partial charge is 0.219 e.